The van der Waals surface area contributed by atoms with Gasteiger partial charge in [0.1, 0.15) is 23.3 Å². The van der Waals surface area contributed by atoms with Gasteiger partial charge in [-0.05, 0) is 24.3 Å². The zero-order chi connectivity index (χ0) is 13.8. The molecule has 0 amide bonds. The van der Waals surface area contributed by atoms with Gasteiger partial charge in [-0.25, -0.2) is 5.10 Å². The molecule has 0 atom stereocenters. The van der Waals surface area contributed by atoms with Crippen molar-refractivity contribution in [3.05, 3.63) is 60.3 Å². The zero-order valence-corrected chi connectivity index (χ0v) is 10.4. The van der Waals surface area contributed by atoms with Crippen LogP contribution in [0.4, 0.5) is 0 Å². The molecule has 0 aliphatic heterocycles. The average Bonchev–Trinajstić information content (AvgIpc) is 2.97. The van der Waals surface area contributed by atoms with Crippen LogP contribution < -0.4 is 4.74 Å². The van der Waals surface area contributed by atoms with Crippen LogP contribution in [0.25, 0.3) is 11.3 Å². The van der Waals surface area contributed by atoms with E-state index in [-0.39, 0.29) is 0 Å². The van der Waals surface area contributed by atoms with Crippen molar-refractivity contribution in [1.82, 2.24) is 15.4 Å². The second-order valence-corrected chi connectivity index (χ2v) is 4.06. The molecular weight excluding hydrogens is 252 g/mol. The Morgan fingerprint density at radius 2 is 1.75 bits per heavy atom. The van der Waals surface area contributed by atoms with Gasteiger partial charge in [0.25, 0.3) is 0 Å². The van der Waals surface area contributed by atoms with Crippen molar-refractivity contribution in [1.29, 1.82) is 5.26 Å². The first-order chi connectivity index (χ1) is 9.88. The van der Waals surface area contributed by atoms with Gasteiger partial charge in [-0.1, -0.05) is 35.5 Å². The molecule has 0 spiro atoms. The number of hydrogen-bond donors (Lipinski definition) is 1. The summed E-state index contributed by atoms with van der Waals surface area (Å²) in [6.45, 7) is 0. The Hall–Kier alpha value is -3.13. The molecule has 0 radical (unpaired) electrons. The Morgan fingerprint density at radius 1 is 1.00 bits per heavy atom. The first kappa shape index (κ1) is 11.9. The Balaban J connectivity index is 2.03. The molecule has 5 nitrogen and oxygen atoms in total. The summed E-state index contributed by atoms with van der Waals surface area (Å²) in [5, 5.41) is 19.2. The second-order valence-electron chi connectivity index (χ2n) is 4.06. The molecule has 1 N–H and O–H groups in total. The molecule has 0 fully saturated rings. The summed E-state index contributed by atoms with van der Waals surface area (Å²) >= 11 is 0. The predicted octanol–water partition coefficient (Wildman–Crippen LogP) is 3.14. The summed E-state index contributed by atoms with van der Waals surface area (Å²) in [6.07, 6.45) is 0. The Kier molecular flexibility index (Phi) is 3.13. The third-order valence-corrected chi connectivity index (χ3v) is 2.77. The Labute approximate surface area is 115 Å². The average molecular weight is 262 g/mol. The van der Waals surface area contributed by atoms with E-state index in [1.807, 2.05) is 60.7 Å². The van der Waals surface area contributed by atoms with Crippen LogP contribution in [0.5, 0.6) is 11.5 Å². The minimum absolute atomic E-state index is 0.314. The number of nitrogens with zero attached hydrogens (tertiary/aromatic N) is 3. The maximum Gasteiger partial charge on any atom is 0.163 e. The SMILES string of the molecule is N#Cc1[nH]nnc1-c1ccccc1Oc1ccccc1. The van der Waals surface area contributed by atoms with Crippen LogP contribution in [0.15, 0.2) is 54.6 Å². The van der Waals surface area contributed by atoms with Crippen molar-refractivity contribution in [3.63, 3.8) is 0 Å². The van der Waals surface area contributed by atoms with E-state index in [1.165, 1.54) is 0 Å². The van der Waals surface area contributed by atoms with Gasteiger partial charge in [0.15, 0.2) is 5.69 Å². The summed E-state index contributed by atoms with van der Waals surface area (Å²) < 4.78 is 5.84. The predicted molar refractivity (Wildman–Crippen MR) is 73.0 cm³/mol. The topological polar surface area (TPSA) is 74.6 Å². The van der Waals surface area contributed by atoms with E-state index in [9.17, 15) is 0 Å². The molecule has 0 saturated heterocycles. The number of aromatic amines is 1. The van der Waals surface area contributed by atoms with Gasteiger partial charge in [-0.15, -0.1) is 5.10 Å². The lowest BCUT2D eigenvalue weighted by atomic mass is 10.1. The summed E-state index contributed by atoms with van der Waals surface area (Å²) in [5.74, 6) is 1.35. The third kappa shape index (κ3) is 2.22. The first-order valence-electron chi connectivity index (χ1n) is 6.02. The highest BCUT2D eigenvalue weighted by Gasteiger charge is 2.14. The van der Waals surface area contributed by atoms with E-state index < -0.39 is 0 Å². The minimum atomic E-state index is 0.314. The standard InChI is InChI=1S/C15H10N4O/c16-10-13-15(18-19-17-13)12-8-4-5-9-14(12)20-11-6-2-1-3-7-11/h1-9H,(H,17,18,19). The Bertz CT molecular complexity index is 759. The van der Waals surface area contributed by atoms with E-state index in [0.717, 1.165) is 11.3 Å². The van der Waals surface area contributed by atoms with Crippen molar-refractivity contribution in [2.45, 2.75) is 0 Å². The molecule has 1 aromatic heterocycles. The van der Waals surface area contributed by atoms with E-state index in [2.05, 4.69) is 15.4 Å². The second kappa shape index (κ2) is 5.24. The number of aromatic nitrogens is 3. The van der Waals surface area contributed by atoms with Crippen molar-refractivity contribution in [3.8, 4) is 28.8 Å². The maximum atomic E-state index is 9.05. The van der Waals surface area contributed by atoms with Crippen molar-refractivity contribution in [2.24, 2.45) is 0 Å². The number of benzene rings is 2. The van der Waals surface area contributed by atoms with Crippen LogP contribution in [0.1, 0.15) is 5.69 Å². The molecule has 5 heteroatoms. The van der Waals surface area contributed by atoms with Crippen LogP contribution in [0, 0.1) is 11.3 Å². The van der Waals surface area contributed by atoms with Gasteiger partial charge in [-0.2, -0.15) is 5.26 Å². The lowest BCUT2D eigenvalue weighted by molar-refractivity contribution is 0.484. The van der Waals surface area contributed by atoms with Crippen molar-refractivity contribution in [2.75, 3.05) is 0 Å². The van der Waals surface area contributed by atoms with E-state index in [0.29, 0.717) is 17.1 Å². The van der Waals surface area contributed by atoms with Crippen LogP contribution in [-0.4, -0.2) is 15.4 Å². The van der Waals surface area contributed by atoms with Crippen LogP contribution >= 0.6 is 0 Å². The molecule has 1 heterocycles. The van der Waals surface area contributed by atoms with Crippen molar-refractivity contribution >= 4 is 0 Å². The molecule has 3 aromatic rings. The van der Waals surface area contributed by atoms with Crippen LogP contribution in [0.3, 0.4) is 0 Å². The van der Waals surface area contributed by atoms with Gasteiger partial charge in [-0.3, -0.25) is 0 Å². The quantitative estimate of drug-likeness (QED) is 0.786. The number of nitrogens with one attached hydrogen (secondary N) is 1. The van der Waals surface area contributed by atoms with Gasteiger partial charge in [0, 0.05) is 5.56 Å². The minimum Gasteiger partial charge on any atom is -0.457 e. The lowest BCUT2D eigenvalue weighted by Crippen LogP contribution is -1.90. The van der Waals surface area contributed by atoms with Gasteiger partial charge >= 0.3 is 0 Å². The highest BCUT2D eigenvalue weighted by Crippen LogP contribution is 2.32. The monoisotopic (exact) mass is 262 g/mol. The summed E-state index contributed by atoms with van der Waals surface area (Å²) in [7, 11) is 0. The fourth-order valence-corrected chi connectivity index (χ4v) is 1.86. The first-order valence-corrected chi connectivity index (χ1v) is 6.02. The summed E-state index contributed by atoms with van der Waals surface area (Å²) in [6, 6.07) is 18.9. The van der Waals surface area contributed by atoms with Gasteiger partial charge in [0.05, 0.1) is 0 Å². The fourth-order valence-electron chi connectivity index (χ4n) is 1.86. The van der Waals surface area contributed by atoms with Gasteiger partial charge < -0.3 is 4.74 Å². The number of para-hydroxylation sites is 2. The molecule has 0 saturated carbocycles. The van der Waals surface area contributed by atoms with Crippen LogP contribution in [-0.2, 0) is 0 Å². The number of nitriles is 1. The highest BCUT2D eigenvalue weighted by atomic mass is 16.5. The molecule has 96 valence electrons. The summed E-state index contributed by atoms with van der Waals surface area (Å²) in [4.78, 5) is 0. The molecular formula is C15H10N4O. The number of ether oxygens (including phenoxy) is 1. The zero-order valence-electron chi connectivity index (χ0n) is 10.4. The van der Waals surface area contributed by atoms with E-state index >= 15 is 0 Å². The Morgan fingerprint density at radius 3 is 2.55 bits per heavy atom. The number of rotatable bonds is 3. The summed E-state index contributed by atoms with van der Waals surface area (Å²) in [5.41, 5.74) is 1.52. The highest BCUT2D eigenvalue weighted by molar-refractivity contribution is 5.71. The smallest absolute Gasteiger partial charge is 0.163 e. The maximum absolute atomic E-state index is 9.05. The van der Waals surface area contributed by atoms with Gasteiger partial charge in [0.2, 0.25) is 0 Å². The van der Waals surface area contributed by atoms with E-state index in [4.69, 9.17) is 10.00 Å². The van der Waals surface area contributed by atoms with Crippen molar-refractivity contribution < 1.29 is 4.74 Å². The third-order valence-electron chi connectivity index (χ3n) is 2.77. The largest absolute Gasteiger partial charge is 0.457 e. The molecule has 0 bridgehead atoms. The molecule has 20 heavy (non-hydrogen) atoms. The molecule has 0 aliphatic carbocycles. The molecule has 0 aliphatic rings. The number of H-pyrrole nitrogens is 1. The molecule has 0 unspecified atom stereocenters. The lowest BCUT2D eigenvalue weighted by Gasteiger charge is -2.09. The molecule has 2 aromatic carbocycles. The van der Waals surface area contributed by atoms with E-state index in [1.54, 1.807) is 0 Å². The fraction of sp³-hybridized carbons (Fsp3) is 0. The number of hydrogen-bond acceptors (Lipinski definition) is 4. The van der Waals surface area contributed by atoms with Crippen LogP contribution in [0.2, 0.25) is 0 Å². The normalized spacial score (nSPS) is 9.95. The molecule has 3 rings (SSSR count).